The summed E-state index contributed by atoms with van der Waals surface area (Å²) in [5, 5.41) is 10.3. The third-order valence-corrected chi connectivity index (χ3v) is 8.48. The normalized spacial score (nSPS) is 18.6. The van der Waals surface area contributed by atoms with Crippen LogP contribution in [-0.4, -0.2) is 68.1 Å². The smallest absolute Gasteiger partial charge is 0.262 e. The average Bonchev–Trinajstić information content (AvgIpc) is 2.91. The van der Waals surface area contributed by atoms with Crippen molar-refractivity contribution in [2.45, 2.75) is 37.4 Å². The van der Waals surface area contributed by atoms with Gasteiger partial charge in [0.15, 0.2) is 5.75 Å². The zero-order chi connectivity index (χ0) is 28.2. The van der Waals surface area contributed by atoms with Gasteiger partial charge in [-0.1, -0.05) is 54.9 Å². The summed E-state index contributed by atoms with van der Waals surface area (Å²) in [7, 11) is -2.00. The number of hydrogen-bond acceptors (Lipinski definition) is 6. The standard InChI is InChI=1S/C29H34ClN3O5S/c1-20-16-33(21(2)19-34)29(35)25-10-7-11-26(31-39(36,37)24-14-12-23(30)13-15-24)28(25)38-27(20)18-32(3)17-22-8-5-4-6-9-22/h4-15,20-21,27,31,34H,16-19H2,1-3H3/t20-,21+,27+/m1/s1. The second kappa shape index (κ2) is 12.4. The highest BCUT2D eigenvalue weighted by molar-refractivity contribution is 7.92. The van der Waals surface area contributed by atoms with Crippen molar-refractivity contribution in [1.82, 2.24) is 9.80 Å². The van der Waals surface area contributed by atoms with E-state index in [9.17, 15) is 18.3 Å². The van der Waals surface area contributed by atoms with Crippen LogP contribution in [-0.2, 0) is 16.6 Å². The van der Waals surface area contributed by atoms with Gasteiger partial charge in [-0.3, -0.25) is 14.4 Å². The fourth-order valence-electron chi connectivity index (χ4n) is 4.63. The first-order valence-electron chi connectivity index (χ1n) is 12.8. The zero-order valence-electron chi connectivity index (χ0n) is 22.2. The number of rotatable bonds is 9. The number of anilines is 1. The SMILES string of the molecule is C[C@@H]1CN([C@@H](C)CO)C(=O)c2cccc(NS(=O)(=O)c3ccc(Cl)cc3)c2O[C@H]1CN(C)Cc1ccccc1. The molecule has 1 aliphatic rings. The van der Waals surface area contributed by atoms with Crippen LogP contribution in [0.4, 0.5) is 5.69 Å². The van der Waals surface area contributed by atoms with Crippen molar-refractivity contribution in [3.8, 4) is 5.75 Å². The van der Waals surface area contributed by atoms with Crippen LogP contribution in [0.25, 0.3) is 0 Å². The van der Waals surface area contributed by atoms with Crippen molar-refractivity contribution >= 4 is 33.2 Å². The maximum absolute atomic E-state index is 13.7. The molecule has 2 N–H and O–H groups in total. The van der Waals surface area contributed by atoms with Gasteiger partial charge in [0.25, 0.3) is 15.9 Å². The van der Waals surface area contributed by atoms with Crippen LogP contribution in [0, 0.1) is 5.92 Å². The molecule has 0 bridgehead atoms. The summed E-state index contributed by atoms with van der Waals surface area (Å²) in [6.45, 7) is 5.19. The second-order valence-electron chi connectivity index (χ2n) is 10.0. The van der Waals surface area contributed by atoms with Gasteiger partial charge in [0.05, 0.1) is 28.8 Å². The van der Waals surface area contributed by atoms with Crippen molar-refractivity contribution in [3.63, 3.8) is 0 Å². The van der Waals surface area contributed by atoms with Gasteiger partial charge in [-0.15, -0.1) is 0 Å². The minimum atomic E-state index is -4.00. The molecule has 1 heterocycles. The van der Waals surface area contributed by atoms with Crippen LogP contribution >= 0.6 is 11.6 Å². The number of benzene rings is 3. The fourth-order valence-corrected chi connectivity index (χ4v) is 5.81. The Morgan fingerprint density at radius 1 is 1.10 bits per heavy atom. The third kappa shape index (κ3) is 6.91. The van der Waals surface area contributed by atoms with E-state index in [0.29, 0.717) is 24.7 Å². The van der Waals surface area contributed by atoms with Crippen molar-refractivity contribution < 1.29 is 23.1 Å². The van der Waals surface area contributed by atoms with Gasteiger partial charge in [-0.2, -0.15) is 0 Å². The molecule has 0 fully saturated rings. The first-order chi connectivity index (χ1) is 18.6. The molecule has 3 aromatic rings. The summed E-state index contributed by atoms with van der Waals surface area (Å²) < 4.78 is 35.6. The van der Waals surface area contributed by atoms with Gasteiger partial charge in [-0.05, 0) is 55.9 Å². The van der Waals surface area contributed by atoms with Crippen molar-refractivity contribution in [2.75, 3.05) is 31.5 Å². The molecule has 10 heteroatoms. The number of fused-ring (bicyclic) bond motifs is 1. The molecule has 3 aromatic carbocycles. The highest BCUT2D eigenvalue weighted by Crippen LogP contribution is 2.36. The van der Waals surface area contributed by atoms with Gasteiger partial charge in [0, 0.05) is 30.6 Å². The van der Waals surface area contributed by atoms with Gasteiger partial charge < -0.3 is 14.7 Å². The lowest BCUT2D eigenvalue weighted by atomic mass is 9.99. The summed E-state index contributed by atoms with van der Waals surface area (Å²) in [5.41, 5.74) is 1.55. The Hall–Kier alpha value is -3.11. The van der Waals surface area contributed by atoms with E-state index in [1.54, 1.807) is 30.0 Å². The molecule has 1 amide bonds. The van der Waals surface area contributed by atoms with Gasteiger partial charge in [0.1, 0.15) is 6.10 Å². The van der Waals surface area contributed by atoms with E-state index in [-0.39, 0.29) is 46.4 Å². The molecule has 39 heavy (non-hydrogen) atoms. The molecule has 0 aromatic heterocycles. The lowest BCUT2D eigenvalue weighted by Gasteiger charge is -2.38. The Balaban J connectivity index is 1.71. The zero-order valence-corrected chi connectivity index (χ0v) is 23.8. The Bertz CT molecular complexity index is 1390. The van der Waals surface area contributed by atoms with Crippen LogP contribution in [0.5, 0.6) is 5.75 Å². The lowest BCUT2D eigenvalue weighted by molar-refractivity contribution is 0.0344. The molecule has 0 saturated heterocycles. The number of nitrogens with one attached hydrogen (secondary N) is 1. The second-order valence-corrected chi connectivity index (χ2v) is 12.2. The lowest BCUT2D eigenvalue weighted by Crippen LogP contribution is -2.49. The van der Waals surface area contributed by atoms with E-state index in [2.05, 4.69) is 21.8 Å². The number of carbonyl (C=O) groups excluding carboxylic acids is 1. The molecule has 208 valence electrons. The van der Waals surface area contributed by atoms with Gasteiger partial charge >= 0.3 is 0 Å². The summed E-state index contributed by atoms with van der Waals surface area (Å²) in [4.78, 5) is 17.5. The van der Waals surface area contributed by atoms with Crippen LogP contribution in [0.15, 0.2) is 77.7 Å². The third-order valence-electron chi connectivity index (χ3n) is 6.85. The van der Waals surface area contributed by atoms with E-state index in [0.717, 1.165) is 5.56 Å². The molecule has 0 unspecified atom stereocenters. The quantitative estimate of drug-likeness (QED) is 0.392. The maximum Gasteiger partial charge on any atom is 0.262 e. The number of ether oxygens (including phenoxy) is 1. The van der Waals surface area contributed by atoms with Crippen LogP contribution < -0.4 is 9.46 Å². The molecule has 0 radical (unpaired) electrons. The molecule has 1 aliphatic heterocycles. The topological polar surface area (TPSA) is 99.2 Å². The summed E-state index contributed by atoms with van der Waals surface area (Å²) in [6.07, 6.45) is -0.375. The number of aliphatic hydroxyl groups is 1. The molecule has 8 nitrogen and oxygen atoms in total. The van der Waals surface area contributed by atoms with E-state index >= 15 is 0 Å². The minimum Gasteiger partial charge on any atom is -0.486 e. The number of hydrogen-bond donors (Lipinski definition) is 2. The summed E-state index contributed by atoms with van der Waals surface area (Å²) in [6, 6.07) is 20.3. The maximum atomic E-state index is 13.7. The van der Waals surface area contributed by atoms with E-state index < -0.39 is 16.1 Å². The molecular formula is C29H34ClN3O5S. The minimum absolute atomic E-state index is 0.0321. The van der Waals surface area contributed by atoms with Crippen molar-refractivity contribution in [1.29, 1.82) is 0 Å². The van der Waals surface area contributed by atoms with E-state index in [1.807, 2.05) is 32.2 Å². The molecule has 0 aliphatic carbocycles. The van der Waals surface area contributed by atoms with Crippen molar-refractivity contribution in [2.24, 2.45) is 5.92 Å². The number of carbonyl (C=O) groups is 1. The molecule has 3 atom stereocenters. The fraction of sp³-hybridized carbons (Fsp3) is 0.345. The number of likely N-dealkylation sites (N-methyl/N-ethyl adjacent to an activating group) is 1. The van der Waals surface area contributed by atoms with Crippen molar-refractivity contribution in [3.05, 3.63) is 88.9 Å². The molecule has 4 rings (SSSR count). The molecule has 0 spiro atoms. The number of sulfonamides is 1. The Morgan fingerprint density at radius 3 is 2.46 bits per heavy atom. The van der Waals surface area contributed by atoms with Crippen LogP contribution in [0.3, 0.4) is 0 Å². The Kier molecular flexibility index (Phi) is 9.17. The summed E-state index contributed by atoms with van der Waals surface area (Å²) >= 11 is 5.94. The summed E-state index contributed by atoms with van der Waals surface area (Å²) in [5.74, 6) is -0.280. The highest BCUT2D eigenvalue weighted by Gasteiger charge is 2.35. The van der Waals surface area contributed by atoms with Gasteiger partial charge in [0.2, 0.25) is 0 Å². The predicted molar refractivity (Wildman–Crippen MR) is 153 cm³/mol. The monoisotopic (exact) mass is 571 g/mol. The largest absolute Gasteiger partial charge is 0.486 e. The first kappa shape index (κ1) is 28.9. The van der Waals surface area contributed by atoms with Gasteiger partial charge in [-0.25, -0.2) is 8.42 Å². The van der Waals surface area contributed by atoms with E-state index in [4.69, 9.17) is 16.3 Å². The van der Waals surface area contributed by atoms with Crippen LogP contribution in [0.2, 0.25) is 5.02 Å². The predicted octanol–water partition coefficient (Wildman–Crippen LogP) is 4.49. The Morgan fingerprint density at radius 2 is 1.79 bits per heavy atom. The number of para-hydroxylation sites is 1. The number of aliphatic hydroxyl groups excluding tert-OH is 1. The Labute approximate surface area is 235 Å². The first-order valence-corrected chi connectivity index (χ1v) is 14.7. The number of halogens is 1. The molecular weight excluding hydrogens is 538 g/mol. The average molecular weight is 572 g/mol. The highest BCUT2D eigenvalue weighted by atomic mass is 35.5. The molecule has 0 saturated carbocycles. The number of nitrogens with zero attached hydrogens (tertiary/aromatic N) is 2. The number of amides is 1. The van der Waals surface area contributed by atoms with Crippen LogP contribution in [0.1, 0.15) is 29.8 Å². The van der Waals surface area contributed by atoms with E-state index in [1.165, 1.54) is 24.3 Å².